The van der Waals surface area contributed by atoms with E-state index >= 15 is 0 Å². The molecule has 1 aliphatic rings. The van der Waals surface area contributed by atoms with E-state index in [1.165, 1.54) is 0 Å². The smallest absolute Gasteiger partial charge is 0.253 e. The Morgan fingerprint density at radius 2 is 1.85 bits per heavy atom. The van der Waals surface area contributed by atoms with E-state index in [4.69, 9.17) is 16.3 Å². The Morgan fingerprint density at radius 1 is 1.15 bits per heavy atom. The summed E-state index contributed by atoms with van der Waals surface area (Å²) in [6.07, 6.45) is 0. The topological polar surface area (TPSA) is 56.6 Å². The average Bonchev–Trinajstić information content (AvgIpc) is 2.69. The molecule has 3 rings (SSSR count). The molecule has 26 heavy (non-hydrogen) atoms. The quantitative estimate of drug-likeness (QED) is 0.829. The van der Waals surface area contributed by atoms with Crippen LogP contribution < -0.4 is 4.74 Å². The zero-order valence-electron chi connectivity index (χ0n) is 14.6. The number of rotatable bonds is 4. The first-order chi connectivity index (χ1) is 12.6. The Balaban J connectivity index is 1.66. The van der Waals surface area contributed by atoms with Crippen molar-refractivity contribution in [3.8, 4) is 11.8 Å². The normalized spacial score (nSPS) is 16.0. The van der Waals surface area contributed by atoms with Crippen molar-refractivity contribution in [3.05, 3.63) is 64.7 Å². The van der Waals surface area contributed by atoms with Gasteiger partial charge in [0.1, 0.15) is 11.8 Å². The highest BCUT2D eigenvalue weighted by molar-refractivity contribution is 6.30. The third-order valence-electron chi connectivity index (χ3n) is 4.59. The summed E-state index contributed by atoms with van der Waals surface area (Å²) in [4.78, 5) is 16.5. The van der Waals surface area contributed by atoms with Crippen LogP contribution in [0.2, 0.25) is 5.02 Å². The number of halogens is 1. The van der Waals surface area contributed by atoms with Crippen LogP contribution in [0, 0.1) is 11.3 Å². The van der Waals surface area contributed by atoms with E-state index in [0.29, 0.717) is 36.8 Å². The summed E-state index contributed by atoms with van der Waals surface area (Å²) in [7, 11) is 1.61. The molecule has 1 saturated heterocycles. The minimum absolute atomic E-state index is 0.00351. The Kier molecular flexibility index (Phi) is 5.77. The Bertz CT molecular complexity index is 809. The summed E-state index contributed by atoms with van der Waals surface area (Å²) in [5, 5.41) is 10.3. The fourth-order valence-electron chi connectivity index (χ4n) is 3.14. The first kappa shape index (κ1) is 18.2. The van der Waals surface area contributed by atoms with Gasteiger partial charge in [-0.2, -0.15) is 5.26 Å². The van der Waals surface area contributed by atoms with Gasteiger partial charge in [0.2, 0.25) is 0 Å². The van der Waals surface area contributed by atoms with Crippen molar-refractivity contribution < 1.29 is 9.53 Å². The van der Waals surface area contributed by atoms with Crippen LogP contribution in [0.4, 0.5) is 0 Å². The van der Waals surface area contributed by atoms with E-state index in [1.54, 1.807) is 31.4 Å². The molecular formula is C20H20ClN3O2. The molecule has 0 spiro atoms. The third kappa shape index (κ3) is 3.98. The lowest BCUT2D eigenvalue weighted by molar-refractivity contribution is 0.0606. The number of hydrogen-bond donors (Lipinski definition) is 0. The van der Waals surface area contributed by atoms with Crippen LogP contribution in [0.1, 0.15) is 22.0 Å². The van der Waals surface area contributed by atoms with Crippen molar-refractivity contribution in [2.24, 2.45) is 0 Å². The van der Waals surface area contributed by atoms with Gasteiger partial charge in [-0.15, -0.1) is 0 Å². The molecule has 0 aromatic heterocycles. The standard InChI is InChI=1S/C20H20ClN3O2/c1-26-18-4-2-3-16(13-18)19(14-22)23-9-11-24(12-10-23)20(25)15-5-7-17(21)8-6-15/h2-8,13,19H,9-12H2,1H3. The molecule has 1 amide bonds. The van der Waals surface area contributed by atoms with Crippen molar-refractivity contribution in [2.45, 2.75) is 6.04 Å². The number of benzene rings is 2. The molecule has 1 aliphatic heterocycles. The number of hydrogen-bond acceptors (Lipinski definition) is 4. The first-order valence-electron chi connectivity index (χ1n) is 8.45. The summed E-state index contributed by atoms with van der Waals surface area (Å²) in [5.41, 5.74) is 1.54. The molecule has 1 unspecified atom stereocenters. The monoisotopic (exact) mass is 369 g/mol. The van der Waals surface area contributed by atoms with Crippen molar-refractivity contribution in [1.82, 2.24) is 9.80 Å². The van der Waals surface area contributed by atoms with E-state index in [2.05, 4.69) is 11.0 Å². The van der Waals surface area contributed by atoms with Gasteiger partial charge < -0.3 is 9.64 Å². The number of methoxy groups -OCH3 is 1. The highest BCUT2D eigenvalue weighted by Gasteiger charge is 2.27. The lowest BCUT2D eigenvalue weighted by Crippen LogP contribution is -2.49. The minimum atomic E-state index is -0.349. The lowest BCUT2D eigenvalue weighted by atomic mass is 10.0. The molecule has 1 atom stereocenters. The number of piperazine rings is 1. The molecule has 0 aliphatic carbocycles. The van der Waals surface area contributed by atoms with Gasteiger partial charge in [0.05, 0.1) is 13.2 Å². The molecule has 0 bridgehead atoms. The fourth-order valence-corrected chi connectivity index (χ4v) is 3.26. The van der Waals surface area contributed by atoms with E-state index < -0.39 is 0 Å². The number of carbonyl (C=O) groups excluding carboxylic acids is 1. The third-order valence-corrected chi connectivity index (χ3v) is 4.84. The van der Waals surface area contributed by atoms with Crippen molar-refractivity contribution in [3.63, 3.8) is 0 Å². The molecule has 0 saturated carbocycles. The maximum atomic E-state index is 12.6. The van der Waals surface area contributed by atoms with Gasteiger partial charge >= 0.3 is 0 Å². The molecule has 0 N–H and O–H groups in total. The van der Waals surface area contributed by atoms with Gasteiger partial charge in [0.15, 0.2) is 0 Å². The highest BCUT2D eigenvalue weighted by atomic mass is 35.5. The zero-order valence-corrected chi connectivity index (χ0v) is 15.3. The largest absolute Gasteiger partial charge is 0.497 e. The molecule has 134 valence electrons. The van der Waals surface area contributed by atoms with Gasteiger partial charge in [0.25, 0.3) is 5.91 Å². The Morgan fingerprint density at radius 3 is 2.46 bits per heavy atom. The van der Waals surface area contributed by atoms with Crippen LogP contribution in [-0.4, -0.2) is 49.0 Å². The van der Waals surface area contributed by atoms with Crippen molar-refractivity contribution in [1.29, 1.82) is 5.26 Å². The predicted octanol–water partition coefficient (Wildman–Crippen LogP) is 3.37. The summed E-state index contributed by atoms with van der Waals surface area (Å²) in [6.45, 7) is 2.47. The molecule has 5 nitrogen and oxygen atoms in total. The van der Waals surface area contributed by atoms with Crippen LogP contribution in [0.25, 0.3) is 0 Å². The second-order valence-electron chi connectivity index (χ2n) is 6.14. The van der Waals surface area contributed by atoms with Gasteiger partial charge in [-0.25, -0.2) is 0 Å². The second-order valence-corrected chi connectivity index (χ2v) is 6.58. The van der Waals surface area contributed by atoms with Crippen molar-refractivity contribution in [2.75, 3.05) is 33.3 Å². The number of nitriles is 1. The molecule has 1 heterocycles. The number of amides is 1. The van der Waals surface area contributed by atoms with Gasteiger partial charge in [-0.05, 0) is 42.0 Å². The van der Waals surface area contributed by atoms with Gasteiger partial charge in [0, 0.05) is 36.8 Å². The van der Waals surface area contributed by atoms with Gasteiger partial charge in [-0.1, -0.05) is 23.7 Å². The molecule has 2 aromatic carbocycles. The Hall–Kier alpha value is -2.55. The minimum Gasteiger partial charge on any atom is -0.497 e. The predicted molar refractivity (Wildman–Crippen MR) is 100 cm³/mol. The summed E-state index contributed by atoms with van der Waals surface area (Å²) >= 11 is 5.88. The van der Waals surface area contributed by atoms with Crippen LogP contribution in [-0.2, 0) is 0 Å². The lowest BCUT2D eigenvalue weighted by Gasteiger charge is -2.37. The van der Waals surface area contributed by atoms with Crippen LogP contribution in [0.3, 0.4) is 0 Å². The highest BCUT2D eigenvalue weighted by Crippen LogP contribution is 2.25. The van der Waals surface area contributed by atoms with Crippen LogP contribution >= 0.6 is 11.6 Å². The summed E-state index contributed by atoms with van der Waals surface area (Å²) in [5.74, 6) is 0.732. The number of ether oxygens (including phenoxy) is 1. The average molecular weight is 370 g/mol. The molecular weight excluding hydrogens is 350 g/mol. The number of carbonyl (C=O) groups is 1. The second kappa shape index (κ2) is 8.22. The van der Waals surface area contributed by atoms with E-state index in [-0.39, 0.29) is 11.9 Å². The van der Waals surface area contributed by atoms with E-state index in [0.717, 1.165) is 11.3 Å². The zero-order chi connectivity index (χ0) is 18.5. The fraction of sp³-hybridized carbons (Fsp3) is 0.300. The molecule has 1 fully saturated rings. The summed E-state index contributed by atoms with van der Waals surface area (Å²) in [6, 6.07) is 16.5. The molecule has 6 heteroatoms. The van der Waals surface area contributed by atoms with Crippen LogP contribution in [0.5, 0.6) is 5.75 Å². The maximum Gasteiger partial charge on any atom is 0.253 e. The Labute approximate surface area is 158 Å². The van der Waals surface area contributed by atoms with Gasteiger partial charge in [-0.3, -0.25) is 9.69 Å². The molecule has 0 radical (unpaired) electrons. The van der Waals surface area contributed by atoms with E-state index in [1.807, 2.05) is 29.2 Å². The number of nitrogens with zero attached hydrogens (tertiary/aromatic N) is 3. The van der Waals surface area contributed by atoms with E-state index in [9.17, 15) is 10.1 Å². The summed E-state index contributed by atoms with van der Waals surface area (Å²) < 4.78 is 5.25. The van der Waals surface area contributed by atoms with Crippen LogP contribution in [0.15, 0.2) is 48.5 Å². The SMILES string of the molecule is COc1cccc(C(C#N)N2CCN(C(=O)c3ccc(Cl)cc3)CC2)c1. The maximum absolute atomic E-state index is 12.6. The first-order valence-corrected chi connectivity index (χ1v) is 8.82. The molecule has 2 aromatic rings. The van der Waals surface area contributed by atoms with Crippen molar-refractivity contribution >= 4 is 17.5 Å².